The van der Waals surface area contributed by atoms with E-state index >= 15 is 0 Å². The van der Waals surface area contributed by atoms with Crippen LogP contribution in [0.15, 0.2) is 110 Å². The normalized spacial score (nSPS) is 22.3. The second kappa shape index (κ2) is 11.7. The highest BCUT2D eigenvalue weighted by Gasteiger charge is 2.41. The van der Waals surface area contributed by atoms with Crippen molar-refractivity contribution in [3.05, 3.63) is 132 Å². The summed E-state index contributed by atoms with van der Waals surface area (Å²) in [5, 5.41) is 0. The summed E-state index contributed by atoms with van der Waals surface area (Å²) in [6.45, 7) is 7.55. The van der Waals surface area contributed by atoms with E-state index in [1.165, 1.54) is 22.3 Å². The van der Waals surface area contributed by atoms with E-state index in [0.717, 1.165) is 50.2 Å². The van der Waals surface area contributed by atoms with Crippen molar-refractivity contribution in [3.8, 4) is 11.5 Å². The molecule has 190 valence electrons. The minimum absolute atomic E-state index is 0.138. The number of fused-ring (bicyclic) bond motifs is 1. The highest BCUT2D eigenvalue weighted by Crippen LogP contribution is 2.52. The van der Waals surface area contributed by atoms with Gasteiger partial charge in [-0.25, -0.2) is 0 Å². The van der Waals surface area contributed by atoms with E-state index in [2.05, 4.69) is 105 Å². The topological polar surface area (TPSA) is 18.5 Å². The lowest BCUT2D eigenvalue weighted by Crippen LogP contribution is -2.35. The molecule has 2 aliphatic carbocycles. The van der Waals surface area contributed by atoms with Crippen LogP contribution < -0.4 is 9.47 Å². The Morgan fingerprint density at radius 3 is 2.51 bits per heavy atom. The van der Waals surface area contributed by atoms with Crippen molar-refractivity contribution >= 4 is 0 Å². The smallest absolute Gasteiger partial charge is 0.120 e. The molecule has 0 radical (unpaired) electrons. The summed E-state index contributed by atoms with van der Waals surface area (Å²) in [5.74, 6) is 2.76. The Morgan fingerprint density at radius 2 is 1.76 bits per heavy atom. The van der Waals surface area contributed by atoms with Gasteiger partial charge in [-0.1, -0.05) is 85.8 Å². The highest BCUT2D eigenvalue weighted by atomic mass is 16.5. The summed E-state index contributed by atoms with van der Waals surface area (Å²) >= 11 is 0. The van der Waals surface area contributed by atoms with Crippen molar-refractivity contribution in [2.45, 2.75) is 51.6 Å². The van der Waals surface area contributed by atoms with Crippen LogP contribution in [-0.4, -0.2) is 6.61 Å². The number of benzene rings is 3. The minimum atomic E-state index is 0.138. The van der Waals surface area contributed by atoms with Gasteiger partial charge >= 0.3 is 0 Å². The summed E-state index contributed by atoms with van der Waals surface area (Å²) in [6, 6.07) is 26.0. The third kappa shape index (κ3) is 5.91. The van der Waals surface area contributed by atoms with Crippen LogP contribution in [0, 0.1) is 11.3 Å². The fourth-order valence-electron chi connectivity index (χ4n) is 5.96. The molecule has 1 unspecified atom stereocenters. The van der Waals surface area contributed by atoms with Gasteiger partial charge < -0.3 is 9.47 Å². The first-order valence-electron chi connectivity index (χ1n) is 13.6. The van der Waals surface area contributed by atoms with Crippen molar-refractivity contribution in [1.82, 2.24) is 0 Å². The number of hydrogen-bond donors (Lipinski definition) is 0. The van der Waals surface area contributed by atoms with Crippen molar-refractivity contribution in [2.75, 3.05) is 6.61 Å². The molecule has 0 aliphatic heterocycles. The molecule has 3 aromatic carbocycles. The van der Waals surface area contributed by atoms with Crippen LogP contribution in [0.2, 0.25) is 0 Å². The maximum absolute atomic E-state index is 6.19. The summed E-state index contributed by atoms with van der Waals surface area (Å²) in [7, 11) is 0. The van der Waals surface area contributed by atoms with Gasteiger partial charge in [0.2, 0.25) is 0 Å². The first kappa shape index (κ1) is 25.1. The molecular formula is C35H38O2. The van der Waals surface area contributed by atoms with Crippen LogP contribution in [0.1, 0.15) is 60.8 Å². The lowest BCUT2D eigenvalue weighted by atomic mass is 9.59. The van der Waals surface area contributed by atoms with E-state index in [0.29, 0.717) is 18.4 Å². The number of ether oxygens (including phenoxy) is 2. The van der Waals surface area contributed by atoms with E-state index in [1.807, 2.05) is 12.1 Å². The molecule has 0 aromatic heterocycles. The second-order valence-corrected chi connectivity index (χ2v) is 10.6. The first-order valence-corrected chi connectivity index (χ1v) is 13.6. The lowest BCUT2D eigenvalue weighted by molar-refractivity contribution is 0.205. The molecule has 0 N–H and O–H groups in total. The minimum Gasteiger partial charge on any atom is -0.494 e. The zero-order chi connectivity index (χ0) is 25.5. The van der Waals surface area contributed by atoms with Gasteiger partial charge in [0.05, 0.1) is 6.61 Å². The van der Waals surface area contributed by atoms with Gasteiger partial charge in [-0.3, -0.25) is 0 Å². The van der Waals surface area contributed by atoms with E-state index in [9.17, 15) is 0 Å². The van der Waals surface area contributed by atoms with Gasteiger partial charge in [-0.05, 0) is 90.0 Å². The molecule has 0 saturated carbocycles. The van der Waals surface area contributed by atoms with Crippen molar-refractivity contribution in [1.29, 1.82) is 0 Å². The molecule has 2 aliphatic rings. The number of unbranched alkanes of at least 4 members (excludes halogenated alkanes) is 1. The van der Waals surface area contributed by atoms with Crippen LogP contribution in [0.3, 0.4) is 0 Å². The molecule has 0 amide bonds. The predicted octanol–water partition coefficient (Wildman–Crippen LogP) is 8.83. The van der Waals surface area contributed by atoms with Crippen LogP contribution in [0.5, 0.6) is 11.5 Å². The number of aryl methyl sites for hydroxylation is 1. The summed E-state index contributed by atoms with van der Waals surface area (Å²) in [6.07, 6.45) is 16.4. The van der Waals surface area contributed by atoms with Gasteiger partial charge in [0.25, 0.3) is 0 Å². The molecule has 0 heterocycles. The number of hydrogen-bond acceptors (Lipinski definition) is 2. The monoisotopic (exact) mass is 490 g/mol. The third-order valence-corrected chi connectivity index (χ3v) is 8.01. The molecule has 0 bridgehead atoms. The summed E-state index contributed by atoms with van der Waals surface area (Å²) < 4.78 is 12.2. The van der Waals surface area contributed by atoms with Gasteiger partial charge in [0.15, 0.2) is 0 Å². The van der Waals surface area contributed by atoms with Crippen LogP contribution in [0.4, 0.5) is 0 Å². The van der Waals surface area contributed by atoms with E-state index in [4.69, 9.17) is 9.47 Å². The van der Waals surface area contributed by atoms with Crippen LogP contribution >= 0.6 is 0 Å². The Morgan fingerprint density at radius 1 is 0.946 bits per heavy atom. The van der Waals surface area contributed by atoms with Crippen LogP contribution in [-0.2, 0) is 13.0 Å². The second-order valence-electron chi connectivity index (χ2n) is 10.6. The molecule has 37 heavy (non-hydrogen) atoms. The Hall–Kier alpha value is -3.52. The average Bonchev–Trinajstić information content (AvgIpc) is 2.95. The molecule has 2 heteroatoms. The molecular weight excluding hydrogens is 452 g/mol. The van der Waals surface area contributed by atoms with E-state index < -0.39 is 0 Å². The maximum Gasteiger partial charge on any atom is 0.120 e. The average molecular weight is 491 g/mol. The standard InChI is InChI=1S/C35H38O2/c1-3-4-11-24-36-30-17-14-28(15-18-30)34-32-20-19-31(37-26-27-12-7-5-8-13-27)25-29(32)16-21-33(34)35(2)22-9-6-10-23-35/h3,5-10,12-15,17-20,22,25,33-34H,1,4,11,16,21,23-24,26H2,2H3/t33-,34+,35?/m0/s1. The highest BCUT2D eigenvalue weighted by molar-refractivity contribution is 5.46. The number of rotatable bonds is 10. The Balaban J connectivity index is 1.41. The van der Waals surface area contributed by atoms with E-state index in [1.54, 1.807) is 0 Å². The Labute approximate surface area is 222 Å². The van der Waals surface area contributed by atoms with Gasteiger partial charge in [0, 0.05) is 5.92 Å². The first-order chi connectivity index (χ1) is 18.2. The lowest BCUT2D eigenvalue weighted by Gasteiger charge is -2.44. The molecule has 0 fully saturated rings. The Bertz CT molecular complexity index is 1240. The molecule has 3 aromatic rings. The molecule has 0 spiro atoms. The quantitative estimate of drug-likeness (QED) is 0.209. The zero-order valence-electron chi connectivity index (χ0n) is 21.9. The van der Waals surface area contributed by atoms with Gasteiger partial charge in [-0.2, -0.15) is 0 Å². The maximum atomic E-state index is 6.19. The van der Waals surface area contributed by atoms with E-state index in [-0.39, 0.29) is 5.41 Å². The van der Waals surface area contributed by atoms with Crippen molar-refractivity contribution in [2.24, 2.45) is 11.3 Å². The Kier molecular flexibility index (Phi) is 7.94. The predicted molar refractivity (Wildman–Crippen MR) is 153 cm³/mol. The van der Waals surface area contributed by atoms with Crippen LogP contribution in [0.25, 0.3) is 0 Å². The largest absolute Gasteiger partial charge is 0.494 e. The zero-order valence-corrected chi connectivity index (χ0v) is 21.9. The molecule has 2 nitrogen and oxygen atoms in total. The van der Waals surface area contributed by atoms with Gasteiger partial charge in [0.1, 0.15) is 18.1 Å². The van der Waals surface area contributed by atoms with Crippen molar-refractivity contribution in [3.63, 3.8) is 0 Å². The van der Waals surface area contributed by atoms with Gasteiger partial charge in [-0.15, -0.1) is 6.58 Å². The summed E-state index contributed by atoms with van der Waals surface area (Å²) in [4.78, 5) is 0. The molecule has 0 saturated heterocycles. The fourth-order valence-corrected chi connectivity index (χ4v) is 5.96. The summed E-state index contributed by atoms with van der Waals surface area (Å²) in [5.41, 5.74) is 5.54. The fraction of sp³-hybridized carbons (Fsp3) is 0.314. The number of allylic oxidation sites excluding steroid dienone is 5. The van der Waals surface area contributed by atoms with Crippen molar-refractivity contribution < 1.29 is 9.47 Å². The SMILES string of the molecule is C=CCCCOc1ccc([C@@H]2c3ccc(OCc4ccccc4)cc3CC[C@@H]2C2(C)C=CC=CC2)cc1. The molecule has 5 rings (SSSR count). The molecule has 3 atom stereocenters. The third-order valence-electron chi connectivity index (χ3n) is 8.01.